The van der Waals surface area contributed by atoms with E-state index in [0.29, 0.717) is 24.3 Å². The number of fused-ring (bicyclic) bond motifs is 1. The molecule has 4 nitrogen and oxygen atoms in total. The molecule has 0 spiro atoms. The molecule has 0 radical (unpaired) electrons. The molecule has 1 aliphatic heterocycles. The Labute approximate surface area is 123 Å². The molecule has 0 saturated heterocycles. The summed E-state index contributed by atoms with van der Waals surface area (Å²) in [7, 11) is 0. The standard InChI is InChI=1S/C17H14N2O2/c18-9-12-4-3-5-13(8-12)17(20)19-10-14-11-21-16-7-2-1-6-15(14)16/h1-8,14H,10-11H2,(H,19,20)/t14-/m1/s1. The molecule has 1 atom stereocenters. The normalized spacial score (nSPS) is 15.7. The lowest BCUT2D eigenvalue weighted by atomic mass is 10.0. The lowest BCUT2D eigenvalue weighted by molar-refractivity contribution is 0.0950. The highest BCUT2D eigenvalue weighted by Gasteiger charge is 2.23. The van der Waals surface area contributed by atoms with Gasteiger partial charge in [0.15, 0.2) is 0 Å². The molecule has 4 heteroatoms. The second-order valence-corrected chi connectivity index (χ2v) is 4.95. The molecule has 0 aromatic heterocycles. The van der Waals surface area contributed by atoms with Gasteiger partial charge in [-0.1, -0.05) is 24.3 Å². The van der Waals surface area contributed by atoms with Gasteiger partial charge in [-0.25, -0.2) is 0 Å². The number of carbonyl (C=O) groups is 1. The van der Waals surface area contributed by atoms with Crippen LogP contribution in [-0.2, 0) is 0 Å². The summed E-state index contributed by atoms with van der Waals surface area (Å²) < 4.78 is 5.59. The highest BCUT2D eigenvalue weighted by Crippen LogP contribution is 2.32. The van der Waals surface area contributed by atoms with E-state index in [0.717, 1.165) is 11.3 Å². The van der Waals surface area contributed by atoms with E-state index in [9.17, 15) is 4.79 Å². The number of para-hydroxylation sites is 1. The number of hydrogen-bond donors (Lipinski definition) is 1. The number of nitrogens with one attached hydrogen (secondary N) is 1. The van der Waals surface area contributed by atoms with E-state index >= 15 is 0 Å². The largest absolute Gasteiger partial charge is 0.493 e. The van der Waals surface area contributed by atoms with Crippen LogP contribution < -0.4 is 10.1 Å². The predicted molar refractivity (Wildman–Crippen MR) is 78.2 cm³/mol. The molecular formula is C17H14N2O2. The van der Waals surface area contributed by atoms with Crippen LogP contribution in [0.5, 0.6) is 5.75 Å². The highest BCUT2D eigenvalue weighted by molar-refractivity contribution is 5.94. The molecule has 1 heterocycles. The molecule has 0 bridgehead atoms. The Morgan fingerprint density at radius 2 is 2.14 bits per heavy atom. The van der Waals surface area contributed by atoms with Crippen molar-refractivity contribution in [3.63, 3.8) is 0 Å². The summed E-state index contributed by atoms with van der Waals surface area (Å²) in [5, 5.41) is 11.8. The van der Waals surface area contributed by atoms with E-state index in [2.05, 4.69) is 5.32 Å². The Morgan fingerprint density at radius 1 is 1.29 bits per heavy atom. The third-order valence-corrected chi connectivity index (χ3v) is 3.56. The summed E-state index contributed by atoms with van der Waals surface area (Å²) in [6.07, 6.45) is 0. The maximum absolute atomic E-state index is 12.1. The van der Waals surface area contributed by atoms with Crippen molar-refractivity contribution in [3.05, 3.63) is 65.2 Å². The lowest BCUT2D eigenvalue weighted by Gasteiger charge is -2.10. The first kappa shape index (κ1) is 13.2. The third-order valence-electron chi connectivity index (χ3n) is 3.56. The molecule has 1 amide bonds. The Hall–Kier alpha value is -2.80. The fraction of sp³-hybridized carbons (Fsp3) is 0.176. The minimum absolute atomic E-state index is 0.170. The van der Waals surface area contributed by atoms with Gasteiger partial charge in [0.25, 0.3) is 5.91 Å². The zero-order chi connectivity index (χ0) is 14.7. The first-order valence-electron chi connectivity index (χ1n) is 6.78. The van der Waals surface area contributed by atoms with Crippen LogP contribution in [0.2, 0.25) is 0 Å². The van der Waals surface area contributed by atoms with Crippen molar-refractivity contribution >= 4 is 5.91 Å². The van der Waals surface area contributed by atoms with E-state index in [-0.39, 0.29) is 11.8 Å². The van der Waals surface area contributed by atoms with Crippen LogP contribution in [0, 0.1) is 11.3 Å². The number of nitrogens with zero attached hydrogens (tertiary/aromatic N) is 1. The van der Waals surface area contributed by atoms with Gasteiger partial charge in [0.2, 0.25) is 0 Å². The van der Waals surface area contributed by atoms with Crippen molar-refractivity contribution in [2.45, 2.75) is 5.92 Å². The summed E-state index contributed by atoms with van der Waals surface area (Å²) in [6.45, 7) is 1.10. The lowest BCUT2D eigenvalue weighted by Crippen LogP contribution is -2.29. The number of rotatable bonds is 3. The van der Waals surface area contributed by atoms with Crippen molar-refractivity contribution < 1.29 is 9.53 Å². The third kappa shape index (κ3) is 2.72. The van der Waals surface area contributed by atoms with Gasteiger partial charge in [0.05, 0.1) is 18.2 Å². The number of amides is 1. The van der Waals surface area contributed by atoms with Gasteiger partial charge in [0.1, 0.15) is 5.75 Å². The molecule has 2 aromatic carbocycles. The SMILES string of the molecule is N#Cc1cccc(C(=O)NC[C@@H]2COc3ccccc32)c1. The van der Waals surface area contributed by atoms with E-state index < -0.39 is 0 Å². The smallest absolute Gasteiger partial charge is 0.251 e. The number of ether oxygens (including phenoxy) is 1. The van der Waals surface area contributed by atoms with Gasteiger partial charge < -0.3 is 10.1 Å². The zero-order valence-corrected chi connectivity index (χ0v) is 11.4. The van der Waals surface area contributed by atoms with Crippen molar-refractivity contribution in [2.24, 2.45) is 0 Å². The summed E-state index contributed by atoms with van der Waals surface area (Å²) >= 11 is 0. The molecule has 1 N–H and O–H groups in total. The molecule has 21 heavy (non-hydrogen) atoms. The van der Waals surface area contributed by atoms with Crippen molar-refractivity contribution in [3.8, 4) is 11.8 Å². The average Bonchev–Trinajstić information content (AvgIpc) is 2.96. The van der Waals surface area contributed by atoms with Crippen molar-refractivity contribution in [1.82, 2.24) is 5.32 Å². The van der Waals surface area contributed by atoms with Crippen LogP contribution >= 0.6 is 0 Å². The summed E-state index contributed by atoms with van der Waals surface area (Å²) in [6, 6.07) is 16.6. The van der Waals surface area contributed by atoms with Gasteiger partial charge in [-0.05, 0) is 24.3 Å². The van der Waals surface area contributed by atoms with Gasteiger partial charge in [-0.2, -0.15) is 5.26 Å². The molecule has 0 saturated carbocycles. The van der Waals surface area contributed by atoms with Crippen LogP contribution in [0.1, 0.15) is 27.4 Å². The van der Waals surface area contributed by atoms with Gasteiger partial charge in [-0.3, -0.25) is 4.79 Å². The quantitative estimate of drug-likeness (QED) is 0.938. The molecule has 0 aliphatic carbocycles. The van der Waals surface area contributed by atoms with Crippen molar-refractivity contribution in [1.29, 1.82) is 5.26 Å². The summed E-state index contributed by atoms with van der Waals surface area (Å²) in [5.41, 5.74) is 2.11. The topological polar surface area (TPSA) is 62.1 Å². The minimum Gasteiger partial charge on any atom is -0.493 e. The minimum atomic E-state index is -0.170. The van der Waals surface area contributed by atoms with E-state index in [1.807, 2.05) is 30.3 Å². The van der Waals surface area contributed by atoms with Crippen LogP contribution in [-0.4, -0.2) is 19.1 Å². The Bertz CT molecular complexity index is 719. The molecule has 3 rings (SSSR count). The second-order valence-electron chi connectivity index (χ2n) is 4.95. The fourth-order valence-corrected chi connectivity index (χ4v) is 2.45. The zero-order valence-electron chi connectivity index (χ0n) is 11.4. The fourth-order valence-electron chi connectivity index (χ4n) is 2.45. The highest BCUT2D eigenvalue weighted by atomic mass is 16.5. The predicted octanol–water partition coefficient (Wildman–Crippen LogP) is 2.46. The molecule has 0 unspecified atom stereocenters. The maximum atomic E-state index is 12.1. The van der Waals surface area contributed by atoms with Crippen LogP contribution in [0.4, 0.5) is 0 Å². The summed E-state index contributed by atoms with van der Waals surface area (Å²) in [5.74, 6) is 0.893. The Kier molecular flexibility index (Phi) is 3.57. The molecule has 1 aliphatic rings. The first-order chi connectivity index (χ1) is 10.3. The maximum Gasteiger partial charge on any atom is 0.251 e. The Balaban J connectivity index is 1.66. The number of hydrogen-bond acceptors (Lipinski definition) is 3. The Morgan fingerprint density at radius 3 is 3.00 bits per heavy atom. The number of carbonyl (C=O) groups excluding carboxylic acids is 1. The summed E-state index contributed by atoms with van der Waals surface area (Å²) in [4.78, 5) is 12.1. The second kappa shape index (κ2) is 5.68. The number of nitriles is 1. The monoisotopic (exact) mass is 278 g/mol. The molecule has 2 aromatic rings. The van der Waals surface area contributed by atoms with Gasteiger partial charge in [-0.15, -0.1) is 0 Å². The number of benzene rings is 2. The van der Waals surface area contributed by atoms with Crippen LogP contribution in [0.3, 0.4) is 0 Å². The van der Waals surface area contributed by atoms with E-state index in [4.69, 9.17) is 10.00 Å². The molecular weight excluding hydrogens is 264 g/mol. The van der Waals surface area contributed by atoms with Gasteiger partial charge >= 0.3 is 0 Å². The first-order valence-corrected chi connectivity index (χ1v) is 6.78. The van der Waals surface area contributed by atoms with Gasteiger partial charge in [0, 0.05) is 23.6 Å². The van der Waals surface area contributed by atoms with E-state index in [1.165, 1.54) is 0 Å². The molecule has 104 valence electrons. The average molecular weight is 278 g/mol. The van der Waals surface area contributed by atoms with Crippen LogP contribution in [0.15, 0.2) is 48.5 Å². The van der Waals surface area contributed by atoms with Crippen molar-refractivity contribution in [2.75, 3.05) is 13.2 Å². The molecule has 0 fully saturated rings. The van der Waals surface area contributed by atoms with Crippen LogP contribution in [0.25, 0.3) is 0 Å². The van der Waals surface area contributed by atoms with E-state index in [1.54, 1.807) is 24.3 Å².